The molecule has 5 heteroatoms. The van der Waals surface area contributed by atoms with Crippen LogP contribution in [0.5, 0.6) is 0 Å². The van der Waals surface area contributed by atoms with Gasteiger partial charge in [-0.15, -0.1) is 0 Å². The van der Waals surface area contributed by atoms with Gasteiger partial charge in [0.1, 0.15) is 11.4 Å². The molecule has 0 aliphatic carbocycles. The van der Waals surface area contributed by atoms with E-state index in [1.807, 2.05) is 20.8 Å². The van der Waals surface area contributed by atoms with Crippen LogP contribution in [0.25, 0.3) is 0 Å². The maximum atomic E-state index is 13.0. The fraction of sp³-hybridized carbons (Fsp3) is 0.588. The number of benzene rings is 1. The Bertz CT molecular complexity index is 510. The molecular weight excluding hydrogens is 285 g/mol. The van der Waals surface area contributed by atoms with E-state index in [1.165, 1.54) is 12.1 Å². The van der Waals surface area contributed by atoms with Crippen molar-refractivity contribution in [2.45, 2.75) is 38.7 Å². The van der Waals surface area contributed by atoms with Crippen LogP contribution in [0.3, 0.4) is 0 Å². The van der Waals surface area contributed by atoms with Gasteiger partial charge in [-0.2, -0.15) is 0 Å². The van der Waals surface area contributed by atoms with Gasteiger partial charge in [-0.05, 0) is 50.8 Å². The molecule has 0 spiro atoms. The number of carbonyl (C=O) groups excluding carboxylic acids is 1. The molecule has 1 amide bonds. The molecule has 1 heterocycles. The number of hydrogen-bond acceptors (Lipinski definition) is 3. The number of rotatable bonds is 2. The van der Waals surface area contributed by atoms with Crippen molar-refractivity contribution in [1.82, 2.24) is 4.90 Å². The summed E-state index contributed by atoms with van der Waals surface area (Å²) in [5, 5.41) is 9.66. The van der Waals surface area contributed by atoms with E-state index in [9.17, 15) is 14.3 Å². The first-order valence-electron chi connectivity index (χ1n) is 7.64. The van der Waals surface area contributed by atoms with Crippen LogP contribution in [-0.2, 0) is 4.74 Å². The number of aliphatic hydroxyl groups is 1. The van der Waals surface area contributed by atoms with E-state index in [4.69, 9.17) is 4.74 Å². The van der Waals surface area contributed by atoms with E-state index in [-0.39, 0.29) is 30.4 Å². The normalized spacial score (nSPS) is 22.5. The minimum absolute atomic E-state index is 0.0126. The van der Waals surface area contributed by atoms with Crippen LogP contribution in [0.2, 0.25) is 0 Å². The molecule has 1 aromatic carbocycles. The van der Waals surface area contributed by atoms with Crippen molar-refractivity contribution >= 4 is 6.09 Å². The summed E-state index contributed by atoms with van der Waals surface area (Å²) in [6, 6.07) is 6.38. The van der Waals surface area contributed by atoms with Crippen LogP contribution >= 0.6 is 0 Å². The Morgan fingerprint density at radius 1 is 1.36 bits per heavy atom. The highest BCUT2D eigenvalue weighted by Gasteiger charge is 2.33. The van der Waals surface area contributed by atoms with Crippen LogP contribution in [0.15, 0.2) is 24.3 Å². The van der Waals surface area contributed by atoms with Gasteiger partial charge in [0, 0.05) is 25.6 Å². The molecule has 4 nitrogen and oxygen atoms in total. The Balaban J connectivity index is 2.05. The van der Waals surface area contributed by atoms with Gasteiger partial charge in [0.2, 0.25) is 0 Å². The second kappa shape index (κ2) is 6.65. The molecule has 0 bridgehead atoms. The lowest BCUT2D eigenvalue weighted by atomic mass is 9.81. The summed E-state index contributed by atoms with van der Waals surface area (Å²) in [4.78, 5) is 13.8. The zero-order valence-corrected chi connectivity index (χ0v) is 13.4. The maximum Gasteiger partial charge on any atom is 0.410 e. The molecule has 22 heavy (non-hydrogen) atoms. The van der Waals surface area contributed by atoms with Gasteiger partial charge in [0.25, 0.3) is 0 Å². The number of likely N-dealkylation sites (tertiary alicyclic amines) is 1. The van der Waals surface area contributed by atoms with E-state index < -0.39 is 5.60 Å². The molecule has 1 aliphatic heterocycles. The largest absolute Gasteiger partial charge is 0.444 e. The van der Waals surface area contributed by atoms with Crippen LogP contribution in [0, 0.1) is 11.7 Å². The number of hydrogen-bond donors (Lipinski definition) is 1. The van der Waals surface area contributed by atoms with Gasteiger partial charge in [0.15, 0.2) is 0 Å². The summed E-state index contributed by atoms with van der Waals surface area (Å²) in [5.74, 6) is -0.202. The molecule has 122 valence electrons. The van der Waals surface area contributed by atoms with Crippen LogP contribution in [0.1, 0.15) is 38.7 Å². The van der Waals surface area contributed by atoms with E-state index in [0.29, 0.717) is 13.1 Å². The molecule has 1 N–H and O–H groups in total. The molecule has 1 aromatic rings. The minimum atomic E-state index is -0.528. The molecule has 2 rings (SSSR count). The number of halogens is 1. The van der Waals surface area contributed by atoms with Crippen LogP contribution in [-0.4, -0.2) is 41.4 Å². The lowest BCUT2D eigenvalue weighted by Crippen LogP contribution is -2.46. The Morgan fingerprint density at radius 3 is 2.55 bits per heavy atom. The molecule has 1 fully saturated rings. The minimum Gasteiger partial charge on any atom is -0.444 e. The van der Waals surface area contributed by atoms with Crippen molar-refractivity contribution < 1.29 is 19.0 Å². The van der Waals surface area contributed by atoms with E-state index >= 15 is 0 Å². The molecule has 2 atom stereocenters. The third-order valence-electron chi connectivity index (χ3n) is 3.92. The highest BCUT2D eigenvalue weighted by Crippen LogP contribution is 2.33. The van der Waals surface area contributed by atoms with Crippen LogP contribution in [0.4, 0.5) is 9.18 Å². The lowest BCUT2D eigenvalue weighted by molar-refractivity contribution is 0.0102. The standard InChI is InChI=1S/C17H24FNO3/c1-17(2,3)22-16(21)19-9-8-15(13(10-19)11-20)12-4-6-14(18)7-5-12/h4-7,13,15,20H,8-11H2,1-3H3. The molecule has 1 aliphatic rings. The number of ether oxygens (including phenoxy) is 1. The van der Waals surface area contributed by atoms with Crippen LogP contribution < -0.4 is 0 Å². The van der Waals surface area contributed by atoms with E-state index in [1.54, 1.807) is 17.0 Å². The lowest BCUT2D eigenvalue weighted by Gasteiger charge is -2.38. The van der Waals surface area contributed by atoms with Gasteiger partial charge in [-0.3, -0.25) is 0 Å². The average Bonchev–Trinajstić information content (AvgIpc) is 2.45. The van der Waals surface area contributed by atoms with Gasteiger partial charge in [-0.25, -0.2) is 9.18 Å². The second-order valence-electron chi connectivity index (χ2n) is 6.82. The van der Waals surface area contributed by atoms with Crippen molar-refractivity contribution in [2.75, 3.05) is 19.7 Å². The fourth-order valence-electron chi connectivity index (χ4n) is 2.86. The summed E-state index contributed by atoms with van der Waals surface area (Å²) in [7, 11) is 0. The summed E-state index contributed by atoms with van der Waals surface area (Å²) in [5.41, 5.74) is 0.476. The smallest absolute Gasteiger partial charge is 0.410 e. The Labute approximate surface area is 130 Å². The zero-order valence-electron chi connectivity index (χ0n) is 13.4. The first-order valence-corrected chi connectivity index (χ1v) is 7.64. The second-order valence-corrected chi connectivity index (χ2v) is 6.82. The summed E-state index contributed by atoms with van der Waals surface area (Å²) in [6.45, 7) is 6.52. The summed E-state index contributed by atoms with van der Waals surface area (Å²) >= 11 is 0. The van der Waals surface area contributed by atoms with Gasteiger partial charge in [0.05, 0.1) is 0 Å². The van der Waals surface area contributed by atoms with Crippen molar-refractivity contribution in [3.63, 3.8) is 0 Å². The van der Waals surface area contributed by atoms with Crippen molar-refractivity contribution in [1.29, 1.82) is 0 Å². The molecule has 2 unspecified atom stereocenters. The van der Waals surface area contributed by atoms with E-state index in [2.05, 4.69) is 0 Å². The third kappa shape index (κ3) is 4.19. The first-order chi connectivity index (χ1) is 10.3. The highest BCUT2D eigenvalue weighted by atomic mass is 19.1. The molecule has 0 radical (unpaired) electrons. The topological polar surface area (TPSA) is 49.8 Å². The Morgan fingerprint density at radius 2 is 2.00 bits per heavy atom. The SMILES string of the molecule is CC(C)(C)OC(=O)N1CCC(c2ccc(F)cc2)C(CO)C1. The van der Waals surface area contributed by atoms with Crippen molar-refractivity contribution in [2.24, 2.45) is 5.92 Å². The van der Waals surface area contributed by atoms with Crippen molar-refractivity contribution in [3.05, 3.63) is 35.6 Å². The summed E-state index contributed by atoms with van der Waals surface area (Å²) < 4.78 is 18.4. The summed E-state index contributed by atoms with van der Waals surface area (Å²) in [6.07, 6.45) is 0.388. The molecular formula is C17H24FNO3. The molecule has 0 aromatic heterocycles. The zero-order chi connectivity index (χ0) is 16.3. The predicted octanol–water partition coefficient (Wildman–Crippen LogP) is 3.16. The Hall–Kier alpha value is -1.62. The Kier molecular flexibility index (Phi) is 5.06. The molecule has 0 saturated carbocycles. The quantitative estimate of drug-likeness (QED) is 0.913. The predicted molar refractivity (Wildman–Crippen MR) is 82.1 cm³/mol. The number of aliphatic hydroxyl groups excluding tert-OH is 1. The first kappa shape index (κ1) is 16.7. The van der Waals surface area contributed by atoms with Crippen molar-refractivity contribution in [3.8, 4) is 0 Å². The maximum absolute atomic E-state index is 13.0. The average molecular weight is 309 g/mol. The monoisotopic (exact) mass is 309 g/mol. The molecule has 1 saturated heterocycles. The van der Waals surface area contributed by atoms with Gasteiger partial charge >= 0.3 is 6.09 Å². The third-order valence-corrected chi connectivity index (χ3v) is 3.92. The fourth-order valence-corrected chi connectivity index (χ4v) is 2.86. The number of piperidine rings is 1. The van der Waals surface area contributed by atoms with Gasteiger partial charge in [-0.1, -0.05) is 12.1 Å². The highest BCUT2D eigenvalue weighted by molar-refractivity contribution is 5.68. The number of amides is 1. The van der Waals surface area contributed by atoms with E-state index in [0.717, 1.165) is 12.0 Å². The number of carbonyl (C=O) groups is 1. The van der Waals surface area contributed by atoms with Gasteiger partial charge < -0.3 is 14.7 Å². The number of nitrogens with zero attached hydrogens (tertiary/aromatic N) is 1.